The van der Waals surface area contributed by atoms with Gasteiger partial charge in [0.2, 0.25) is 12.1 Å². The number of fused-ring (bicyclic) bond motifs is 1. The summed E-state index contributed by atoms with van der Waals surface area (Å²) in [6.45, 7) is 1.61. The van der Waals surface area contributed by atoms with Crippen LogP contribution in [0.2, 0.25) is 0 Å². The molecule has 0 aliphatic carbocycles. The van der Waals surface area contributed by atoms with Crippen molar-refractivity contribution in [3.63, 3.8) is 0 Å². The summed E-state index contributed by atoms with van der Waals surface area (Å²) in [4.78, 5) is 11.9. The van der Waals surface area contributed by atoms with E-state index in [9.17, 15) is 4.79 Å². The Balaban J connectivity index is 2.29. The molecule has 6 heteroatoms. The Morgan fingerprint density at radius 3 is 2.81 bits per heavy atom. The van der Waals surface area contributed by atoms with Gasteiger partial charge in [0.1, 0.15) is 12.4 Å². The van der Waals surface area contributed by atoms with E-state index in [0.29, 0.717) is 5.69 Å². The number of aryl methyl sites for hydroxylation is 1. The molecule has 16 heavy (non-hydrogen) atoms. The molecular formula is C10H14N5O+. The van der Waals surface area contributed by atoms with Gasteiger partial charge >= 0.3 is 0 Å². The average molecular weight is 220 g/mol. The maximum atomic E-state index is 11.9. The standard InChI is InChI=1S/C10H14N5O/c1-12-5-6-13(7-12)9-8(11)10(16)15-4-2-3-14(9)15/h5-7H,2-4,11H2,1H3/q+1. The fourth-order valence-electron chi connectivity index (χ4n) is 2.26. The van der Waals surface area contributed by atoms with Crippen molar-refractivity contribution in [1.29, 1.82) is 0 Å². The number of anilines is 1. The molecule has 0 radical (unpaired) electrons. The zero-order valence-corrected chi connectivity index (χ0v) is 9.13. The highest BCUT2D eigenvalue weighted by atomic mass is 16.1. The number of nitrogen functional groups attached to an aromatic ring is 1. The maximum absolute atomic E-state index is 11.9. The van der Waals surface area contributed by atoms with Crippen LogP contribution >= 0.6 is 0 Å². The lowest BCUT2D eigenvalue weighted by molar-refractivity contribution is -0.670. The number of imidazole rings is 1. The zero-order valence-electron chi connectivity index (χ0n) is 9.13. The monoisotopic (exact) mass is 220 g/mol. The van der Waals surface area contributed by atoms with Crippen molar-refractivity contribution in [3.05, 3.63) is 29.1 Å². The van der Waals surface area contributed by atoms with E-state index in [1.54, 1.807) is 4.68 Å². The van der Waals surface area contributed by atoms with Crippen LogP contribution in [-0.4, -0.2) is 13.9 Å². The summed E-state index contributed by atoms with van der Waals surface area (Å²) in [7, 11) is 1.94. The van der Waals surface area contributed by atoms with Gasteiger partial charge in [0.05, 0.1) is 7.05 Å². The summed E-state index contributed by atoms with van der Waals surface area (Å²) in [6.07, 6.45) is 6.72. The number of hydrogen-bond acceptors (Lipinski definition) is 2. The Hall–Kier alpha value is -1.98. The van der Waals surface area contributed by atoms with Crippen LogP contribution in [0.15, 0.2) is 23.5 Å². The molecule has 2 aromatic rings. The van der Waals surface area contributed by atoms with Crippen LogP contribution in [0.25, 0.3) is 5.82 Å². The van der Waals surface area contributed by atoms with E-state index in [2.05, 4.69) is 0 Å². The van der Waals surface area contributed by atoms with Crippen molar-refractivity contribution in [3.8, 4) is 5.82 Å². The molecule has 0 spiro atoms. The van der Waals surface area contributed by atoms with Crippen LogP contribution in [0.3, 0.4) is 0 Å². The summed E-state index contributed by atoms with van der Waals surface area (Å²) in [6, 6.07) is 0. The van der Waals surface area contributed by atoms with Crippen LogP contribution < -0.4 is 15.9 Å². The summed E-state index contributed by atoms with van der Waals surface area (Å²) in [5.41, 5.74) is 6.12. The van der Waals surface area contributed by atoms with Gasteiger partial charge in [-0.2, -0.15) is 4.57 Å². The Kier molecular flexibility index (Phi) is 1.74. The number of rotatable bonds is 1. The first-order valence-corrected chi connectivity index (χ1v) is 5.31. The fraction of sp³-hybridized carbons (Fsp3) is 0.400. The molecule has 2 N–H and O–H groups in total. The first-order valence-electron chi connectivity index (χ1n) is 5.31. The van der Waals surface area contributed by atoms with E-state index < -0.39 is 0 Å². The Labute approximate surface area is 92.1 Å². The third kappa shape index (κ3) is 1.07. The lowest BCUT2D eigenvalue weighted by Gasteiger charge is -2.01. The highest BCUT2D eigenvalue weighted by Crippen LogP contribution is 2.18. The summed E-state index contributed by atoms with van der Waals surface area (Å²) in [5.74, 6) is 0.781. The quantitative estimate of drug-likeness (QED) is 0.643. The minimum absolute atomic E-state index is 0.0798. The van der Waals surface area contributed by atoms with Crippen LogP contribution in [-0.2, 0) is 20.1 Å². The molecule has 0 atom stereocenters. The molecule has 6 nitrogen and oxygen atoms in total. The summed E-state index contributed by atoms with van der Waals surface area (Å²) < 4.78 is 7.48. The molecule has 0 amide bonds. The second-order valence-electron chi connectivity index (χ2n) is 4.13. The number of hydrogen-bond donors (Lipinski definition) is 1. The van der Waals surface area contributed by atoms with Crippen LogP contribution in [0, 0.1) is 0 Å². The van der Waals surface area contributed by atoms with Gasteiger partial charge in [0.15, 0.2) is 5.69 Å². The summed E-state index contributed by atoms with van der Waals surface area (Å²) in [5, 5.41) is 0. The molecule has 0 saturated heterocycles. The highest BCUT2D eigenvalue weighted by molar-refractivity contribution is 5.52. The molecule has 0 aromatic carbocycles. The summed E-state index contributed by atoms with van der Waals surface area (Å²) >= 11 is 0. The van der Waals surface area contributed by atoms with Gasteiger partial charge in [-0.25, -0.2) is 13.9 Å². The third-order valence-corrected chi connectivity index (χ3v) is 3.00. The molecule has 3 rings (SSSR count). The predicted octanol–water partition coefficient (Wildman–Crippen LogP) is -0.749. The van der Waals surface area contributed by atoms with Crippen molar-refractivity contribution < 1.29 is 4.57 Å². The van der Waals surface area contributed by atoms with E-state index in [4.69, 9.17) is 5.73 Å². The molecule has 3 heterocycles. The average Bonchev–Trinajstić information content (AvgIpc) is 2.90. The molecule has 1 aliphatic rings. The van der Waals surface area contributed by atoms with Crippen LogP contribution in [0.5, 0.6) is 0 Å². The largest absolute Gasteiger partial charge is 0.389 e. The van der Waals surface area contributed by atoms with E-state index in [0.717, 1.165) is 25.3 Å². The zero-order chi connectivity index (χ0) is 11.3. The predicted molar refractivity (Wildman–Crippen MR) is 58.2 cm³/mol. The van der Waals surface area contributed by atoms with E-state index in [-0.39, 0.29) is 5.56 Å². The molecule has 1 aliphatic heterocycles. The van der Waals surface area contributed by atoms with Gasteiger partial charge in [-0.3, -0.25) is 4.79 Å². The minimum atomic E-state index is -0.0798. The van der Waals surface area contributed by atoms with Crippen LogP contribution in [0.1, 0.15) is 6.42 Å². The molecule has 0 unspecified atom stereocenters. The van der Waals surface area contributed by atoms with Gasteiger partial charge in [-0.15, -0.1) is 0 Å². The Morgan fingerprint density at radius 1 is 1.38 bits per heavy atom. The minimum Gasteiger partial charge on any atom is -0.389 e. The van der Waals surface area contributed by atoms with Crippen LogP contribution in [0.4, 0.5) is 5.69 Å². The molecule has 2 aromatic heterocycles. The van der Waals surface area contributed by atoms with Crippen molar-refractivity contribution in [2.45, 2.75) is 19.5 Å². The highest BCUT2D eigenvalue weighted by Gasteiger charge is 2.25. The Bertz CT molecular complexity index is 603. The first-order chi connectivity index (χ1) is 7.68. The van der Waals surface area contributed by atoms with E-state index in [1.807, 2.05) is 39.6 Å². The van der Waals surface area contributed by atoms with E-state index in [1.165, 1.54) is 0 Å². The second-order valence-corrected chi connectivity index (χ2v) is 4.13. The van der Waals surface area contributed by atoms with Gasteiger partial charge in [-0.1, -0.05) is 0 Å². The third-order valence-electron chi connectivity index (χ3n) is 3.00. The maximum Gasteiger partial charge on any atom is 0.294 e. The topological polar surface area (TPSA) is 61.8 Å². The fourth-order valence-corrected chi connectivity index (χ4v) is 2.26. The van der Waals surface area contributed by atoms with Crippen molar-refractivity contribution in [2.24, 2.45) is 7.05 Å². The molecule has 84 valence electrons. The lowest BCUT2D eigenvalue weighted by Crippen LogP contribution is -2.24. The van der Waals surface area contributed by atoms with Crippen molar-refractivity contribution in [1.82, 2.24) is 13.9 Å². The number of nitrogens with two attached hydrogens (primary N) is 1. The van der Waals surface area contributed by atoms with Gasteiger partial charge < -0.3 is 5.73 Å². The van der Waals surface area contributed by atoms with Gasteiger partial charge in [0, 0.05) is 13.1 Å². The molecule has 0 bridgehead atoms. The van der Waals surface area contributed by atoms with Crippen molar-refractivity contribution >= 4 is 5.69 Å². The first kappa shape index (κ1) is 9.26. The molecular weight excluding hydrogens is 206 g/mol. The Morgan fingerprint density at radius 2 is 2.12 bits per heavy atom. The van der Waals surface area contributed by atoms with E-state index >= 15 is 0 Å². The van der Waals surface area contributed by atoms with Gasteiger partial charge in [-0.05, 0) is 6.42 Å². The number of aromatic nitrogens is 4. The molecule has 0 saturated carbocycles. The second kappa shape index (κ2) is 3.01. The number of nitrogens with zero attached hydrogens (tertiary/aromatic N) is 4. The van der Waals surface area contributed by atoms with Crippen molar-refractivity contribution in [2.75, 3.05) is 5.73 Å². The SMILES string of the molecule is C[n+]1ccn(-c2c(N)c(=O)n3n2CCC3)c1. The smallest absolute Gasteiger partial charge is 0.294 e. The molecule has 0 fully saturated rings. The normalized spacial score (nSPS) is 14.3. The lowest BCUT2D eigenvalue weighted by atomic mass is 10.4. The van der Waals surface area contributed by atoms with Gasteiger partial charge in [0.25, 0.3) is 5.56 Å².